The van der Waals surface area contributed by atoms with Gasteiger partial charge in [-0.25, -0.2) is 0 Å². The molecule has 108 valence electrons. The van der Waals surface area contributed by atoms with E-state index >= 15 is 0 Å². The van der Waals surface area contributed by atoms with Crippen LogP contribution in [0.4, 0.5) is 0 Å². The van der Waals surface area contributed by atoms with Crippen molar-refractivity contribution in [2.24, 2.45) is 0 Å². The van der Waals surface area contributed by atoms with E-state index in [-0.39, 0.29) is 12.2 Å². The lowest BCUT2D eigenvalue weighted by molar-refractivity contribution is -0.136. The summed E-state index contributed by atoms with van der Waals surface area (Å²) in [7, 11) is 1.50. The Morgan fingerprint density at radius 1 is 1.14 bits per heavy atom. The number of carboxylic acids is 1. The SMILES string of the molecule is COc1ccc(CC(=O)O)c(C(=O)c2ccc(Br)cc2)c1. The van der Waals surface area contributed by atoms with Gasteiger partial charge in [0.1, 0.15) is 5.75 Å². The molecule has 0 aliphatic heterocycles. The van der Waals surface area contributed by atoms with E-state index in [4.69, 9.17) is 9.84 Å². The first-order valence-electron chi connectivity index (χ1n) is 6.20. The van der Waals surface area contributed by atoms with Crippen LogP contribution in [0.5, 0.6) is 5.75 Å². The molecule has 0 atom stereocenters. The molecule has 0 amide bonds. The van der Waals surface area contributed by atoms with Crippen LogP contribution in [0.2, 0.25) is 0 Å². The van der Waals surface area contributed by atoms with Crippen LogP contribution in [0.3, 0.4) is 0 Å². The highest BCUT2D eigenvalue weighted by Gasteiger charge is 2.16. The number of aliphatic carboxylic acids is 1. The van der Waals surface area contributed by atoms with E-state index in [1.165, 1.54) is 7.11 Å². The maximum atomic E-state index is 12.6. The predicted octanol–water partition coefficient (Wildman–Crippen LogP) is 3.32. The fourth-order valence-electron chi connectivity index (χ4n) is 1.97. The molecule has 0 spiro atoms. The number of hydrogen-bond donors (Lipinski definition) is 1. The van der Waals surface area contributed by atoms with Gasteiger partial charge >= 0.3 is 5.97 Å². The quantitative estimate of drug-likeness (QED) is 0.842. The Balaban J connectivity index is 2.46. The van der Waals surface area contributed by atoms with Crippen LogP contribution in [-0.4, -0.2) is 24.0 Å². The van der Waals surface area contributed by atoms with Gasteiger partial charge in [0.25, 0.3) is 0 Å². The molecule has 0 heterocycles. The number of hydrogen-bond acceptors (Lipinski definition) is 3. The average Bonchev–Trinajstić information content (AvgIpc) is 2.47. The van der Waals surface area contributed by atoms with E-state index in [1.807, 2.05) is 0 Å². The van der Waals surface area contributed by atoms with Crippen molar-refractivity contribution in [1.29, 1.82) is 0 Å². The minimum atomic E-state index is -0.981. The molecular formula is C16H13BrO4. The van der Waals surface area contributed by atoms with Gasteiger partial charge in [-0.3, -0.25) is 9.59 Å². The van der Waals surface area contributed by atoms with Crippen molar-refractivity contribution in [2.75, 3.05) is 7.11 Å². The van der Waals surface area contributed by atoms with Gasteiger partial charge in [0.05, 0.1) is 13.5 Å². The Kier molecular flexibility index (Phi) is 4.75. The third kappa shape index (κ3) is 3.70. The monoisotopic (exact) mass is 348 g/mol. The molecular weight excluding hydrogens is 336 g/mol. The van der Waals surface area contributed by atoms with Gasteiger partial charge in [-0.05, 0) is 42.0 Å². The lowest BCUT2D eigenvalue weighted by Gasteiger charge is -2.09. The number of ketones is 1. The van der Waals surface area contributed by atoms with E-state index in [9.17, 15) is 9.59 Å². The van der Waals surface area contributed by atoms with Crippen molar-refractivity contribution in [3.05, 3.63) is 63.6 Å². The number of carboxylic acid groups (broad SMARTS) is 1. The van der Waals surface area contributed by atoms with Crippen molar-refractivity contribution >= 4 is 27.7 Å². The average molecular weight is 349 g/mol. The second kappa shape index (κ2) is 6.54. The standard InChI is InChI=1S/C16H13BrO4/c1-21-13-7-4-11(8-15(18)19)14(9-13)16(20)10-2-5-12(17)6-3-10/h2-7,9H,8H2,1H3,(H,18,19). The van der Waals surface area contributed by atoms with Gasteiger partial charge in [-0.15, -0.1) is 0 Å². The van der Waals surface area contributed by atoms with Crippen LogP contribution >= 0.6 is 15.9 Å². The number of carbonyl (C=O) groups is 2. The number of halogens is 1. The number of ether oxygens (including phenoxy) is 1. The lowest BCUT2D eigenvalue weighted by Crippen LogP contribution is -2.09. The molecule has 2 aromatic carbocycles. The number of carbonyl (C=O) groups excluding carboxylic acids is 1. The number of rotatable bonds is 5. The molecule has 0 aliphatic rings. The molecule has 0 unspecified atom stereocenters. The smallest absolute Gasteiger partial charge is 0.307 e. The van der Waals surface area contributed by atoms with Crippen molar-refractivity contribution in [2.45, 2.75) is 6.42 Å². The minimum Gasteiger partial charge on any atom is -0.497 e. The van der Waals surface area contributed by atoms with E-state index in [2.05, 4.69) is 15.9 Å². The summed E-state index contributed by atoms with van der Waals surface area (Å²) in [6, 6.07) is 11.7. The molecule has 0 bridgehead atoms. The summed E-state index contributed by atoms with van der Waals surface area (Å²) in [6.45, 7) is 0. The Morgan fingerprint density at radius 2 is 1.81 bits per heavy atom. The molecule has 0 aliphatic carbocycles. The largest absolute Gasteiger partial charge is 0.497 e. The van der Waals surface area contributed by atoms with Gasteiger partial charge in [0.2, 0.25) is 0 Å². The van der Waals surface area contributed by atoms with E-state index < -0.39 is 5.97 Å². The van der Waals surface area contributed by atoms with Gasteiger partial charge in [0.15, 0.2) is 5.78 Å². The summed E-state index contributed by atoms with van der Waals surface area (Å²) in [4.78, 5) is 23.5. The summed E-state index contributed by atoms with van der Waals surface area (Å²) >= 11 is 3.31. The molecule has 0 saturated carbocycles. The molecule has 5 heteroatoms. The minimum absolute atomic E-state index is 0.207. The first-order valence-corrected chi connectivity index (χ1v) is 6.99. The third-order valence-electron chi connectivity index (χ3n) is 3.01. The van der Waals surface area contributed by atoms with Gasteiger partial charge in [-0.1, -0.05) is 22.0 Å². The van der Waals surface area contributed by atoms with Crippen molar-refractivity contribution in [3.8, 4) is 5.75 Å². The second-order valence-corrected chi connectivity index (χ2v) is 5.35. The van der Waals surface area contributed by atoms with E-state index in [0.29, 0.717) is 22.4 Å². The van der Waals surface area contributed by atoms with Crippen LogP contribution in [0.15, 0.2) is 46.9 Å². The first-order chi connectivity index (χ1) is 10.0. The molecule has 0 aromatic heterocycles. The summed E-state index contributed by atoms with van der Waals surface area (Å²) < 4.78 is 5.98. The zero-order valence-electron chi connectivity index (χ0n) is 11.3. The Morgan fingerprint density at radius 3 is 2.38 bits per heavy atom. The molecule has 4 nitrogen and oxygen atoms in total. The van der Waals surface area contributed by atoms with Gasteiger partial charge in [0, 0.05) is 15.6 Å². The fourth-order valence-corrected chi connectivity index (χ4v) is 2.23. The third-order valence-corrected chi connectivity index (χ3v) is 3.54. The van der Waals surface area contributed by atoms with Crippen LogP contribution in [0.1, 0.15) is 21.5 Å². The second-order valence-electron chi connectivity index (χ2n) is 4.43. The molecule has 2 aromatic rings. The maximum absolute atomic E-state index is 12.6. The number of methoxy groups -OCH3 is 1. The maximum Gasteiger partial charge on any atom is 0.307 e. The lowest BCUT2D eigenvalue weighted by atomic mass is 9.96. The highest BCUT2D eigenvalue weighted by molar-refractivity contribution is 9.10. The zero-order chi connectivity index (χ0) is 15.4. The summed E-state index contributed by atoms with van der Waals surface area (Å²) in [5.41, 5.74) is 1.31. The van der Waals surface area contributed by atoms with Crippen LogP contribution in [0.25, 0.3) is 0 Å². The topological polar surface area (TPSA) is 63.6 Å². The summed E-state index contributed by atoms with van der Waals surface area (Å²) in [6.07, 6.45) is -0.207. The van der Waals surface area contributed by atoms with Crippen LogP contribution in [-0.2, 0) is 11.2 Å². The molecule has 2 rings (SSSR count). The normalized spacial score (nSPS) is 10.2. The Hall–Kier alpha value is -2.14. The highest BCUT2D eigenvalue weighted by Crippen LogP contribution is 2.22. The number of benzene rings is 2. The summed E-state index contributed by atoms with van der Waals surface area (Å²) in [5, 5.41) is 8.96. The Bertz CT molecular complexity index is 677. The Labute approximate surface area is 130 Å². The fraction of sp³-hybridized carbons (Fsp3) is 0.125. The van der Waals surface area contributed by atoms with Gasteiger partial charge in [-0.2, -0.15) is 0 Å². The van der Waals surface area contributed by atoms with Crippen molar-refractivity contribution in [3.63, 3.8) is 0 Å². The summed E-state index contributed by atoms with van der Waals surface area (Å²) in [5.74, 6) is -0.688. The highest BCUT2D eigenvalue weighted by atomic mass is 79.9. The zero-order valence-corrected chi connectivity index (χ0v) is 12.9. The van der Waals surface area contributed by atoms with Crippen molar-refractivity contribution < 1.29 is 19.4 Å². The molecule has 0 saturated heterocycles. The molecule has 1 N–H and O–H groups in total. The van der Waals surface area contributed by atoms with Crippen LogP contribution < -0.4 is 4.74 Å². The molecule has 21 heavy (non-hydrogen) atoms. The molecule has 0 radical (unpaired) electrons. The van der Waals surface area contributed by atoms with Gasteiger partial charge < -0.3 is 9.84 Å². The van der Waals surface area contributed by atoms with Crippen molar-refractivity contribution in [1.82, 2.24) is 0 Å². The predicted molar refractivity (Wildman–Crippen MR) is 81.9 cm³/mol. The molecule has 0 fully saturated rings. The van der Waals surface area contributed by atoms with E-state index in [0.717, 1.165) is 4.47 Å². The first kappa shape index (κ1) is 15.3. The van der Waals surface area contributed by atoms with Crippen LogP contribution in [0, 0.1) is 0 Å². The van der Waals surface area contributed by atoms with E-state index in [1.54, 1.807) is 42.5 Å².